The average molecular weight is 349 g/mol. The Morgan fingerprint density at radius 2 is 2.50 bits per heavy atom. The molecular weight excluding hydrogens is 326 g/mol. The number of aromatic nitrogens is 1. The Labute approximate surface area is 145 Å². The molecule has 6 nitrogen and oxygen atoms in total. The number of carbonyl (C=O) groups excluding carboxylic acids is 1. The number of likely N-dealkylation sites (tertiary alicyclic amines) is 1. The van der Waals surface area contributed by atoms with Crippen LogP contribution >= 0.6 is 11.3 Å². The van der Waals surface area contributed by atoms with Gasteiger partial charge < -0.3 is 19.7 Å². The molecule has 1 fully saturated rings. The van der Waals surface area contributed by atoms with E-state index in [1.807, 2.05) is 10.3 Å². The SMILES string of the molecule is CCc1nc(CNC(=O)N2CCCC2CC(O)c2ccco2)cs1. The van der Waals surface area contributed by atoms with E-state index in [2.05, 4.69) is 17.2 Å². The molecule has 2 aromatic rings. The van der Waals surface area contributed by atoms with Crippen LogP contribution in [0.2, 0.25) is 0 Å². The molecule has 130 valence electrons. The van der Waals surface area contributed by atoms with Gasteiger partial charge in [0.2, 0.25) is 0 Å². The van der Waals surface area contributed by atoms with Gasteiger partial charge in [0.1, 0.15) is 11.9 Å². The largest absolute Gasteiger partial charge is 0.467 e. The number of nitrogens with one attached hydrogen (secondary N) is 1. The van der Waals surface area contributed by atoms with Crippen LogP contribution in [0, 0.1) is 0 Å². The number of carbonyl (C=O) groups is 1. The third-order valence-corrected chi connectivity index (χ3v) is 5.37. The number of rotatable bonds is 6. The van der Waals surface area contributed by atoms with Crippen molar-refractivity contribution in [2.24, 2.45) is 0 Å². The zero-order chi connectivity index (χ0) is 16.9. The van der Waals surface area contributed by atoms with Crippen LogP contribution in [0.15, 0.2) is 28.2 Å². The predicted molar refractivity (Wildman–Crippen MR) is 91.7 cm³/mol. The highest BCUT2D eigenvalue weighted by Gasteiger charge is 2.31. The summed E-state index contributed by atoms with van der Waals surface area (Å²) in [4.78, 5) is 18.7. The molecule has 2 unspecified atom stereocenters. The van der Waals surface area contributed by atoms with Gasteiger partial charge in [0, 0.05) is 24.4 Å². The Bertz CT molecular complexity index is 656. The standard InChI is InChI=1S/C17H23N3O3S/c1-2-16-19-12(11-24-16)10-18-17(22)20-7-3-5-13(20)9-14(21)15-6-4-8-23-15/h4,6,8,11,13-14,21H,2-3,5,7,9-10H2,1H3,(H,18,22). The van der Waals surface area contributed by atoms with Crippen molar-refractivity contribution >= 4 is 17.4 Å². The molecule has 7 heteroatoms. The molecule has 2 N–H and O–H groups in total. The number of aryl methyl sites for hydroxylation is 1. The fraction of sp³-hybridized carbons (Fsp3) is 0.529. The lowest BCUT2D eigenvalue weighted by molar-refractivity contribution is 0.108. The molecule has 3 heterocycles. The first kappa shape index (κ1) is 17.0. The normalized spacial score (nSPS) is 18.8. The van der Waals surface area contributed by atoms with Crippen LogP contribution in [0.1, 0.15) is 48.8 Å². The van der Waals surface area contributed by atoms with E-state index in [0.29, 0.717) is 18.7 Å². The third kappa shape index (κ3) is 3.96. The van der Waals surface area contributed by atoms with Gasteiger partial charge in [-0.2, -0.15) is 0 Å². The average Bonchev–Trinajstić information content (AvgIpc) is 3.32. The van der Waals surface area contributed by atoms with Crippen LogP contribution in [0.4, 0.5) is 4.79 Å². The molecule has 1 saturated heterocycles. The second kappa shape index (κ2) is 7.81. The maximum Gasteiger partial charge on any atom is 0.317 e. The van der Waals surface area contributed by atoms with Crippen LogP contribution in [-0.4, -0.2) is 33.6 Å². The van der Waals surface area contributed by atoms with Gasteiger partial charge in [-0.1, -0.05) is 6.92 Å². The summed E-state index contributed by atoms with van der Waals surface area (Å²) in [7, 11) is 0. The zero-order valence-corrected chi connectivity index (χ0v) is 14.6. The van der Waals surface area contributed by atoms with Gasteiger partial charge >= 0.3 is 6.03 Å². The highest BCUT2D eigenvalue weighted by atomic mass is 32.1. The van der Waals surface area contributed by atoms with Gasteiger partial charge in [0.05, 0.1) is 23.5 Å². The second-order valence-corrected chi connectivity index (χ2v) is 6.94. The molecule has 0 bridgehead atoms. The lowest BCUT2D eigenvalue weighted by Crippen LogP contribution is -2.43. The molecule has 0 aliphatic carbocycles. The van der Waals surface area contributed by atoms with Crippen LogP contribution in [0.5, 0.6) is 0 Å². The van der Waals surface area contributed by atoms with E-state index < -0.39 is 6.10 Å². The summed E-state index contributed by atoms with van der Waals surface area (Å²) in [5.74, 6) is 0.553. The number of amides is 2. The molecule has 2 atom stereocenters. The van der Waals surface area contributed by atoms with Crippen molar-refractivity contribution in [1.29, 1.82) is 0 Å². The van der Waals surface area contributed by atoms with Crippen LogP contribution in [0.25, 0.3) is 0 Å². The summed E-state index contributed by atoms with van der Waals surface area (Å²) < 4.78 is 5.24. The minimum Gasteiger partial charge on any atom is -0.467 e. The number of hydrogen-bond acceptors (Lipinski definition) is 5. The Balaban J connectivity index is 1.53. The predicted octanol–water partition coefficient (Wildman–Crippen LogP) is 3.10. The maximum atomic E-state index is 12.5. The van der Waals surface area contributed by atoms with Gasteiger partial charge in [0.25, 0.3) is 0 Å². The molecular formula is C17H23N3O3S. The molecule has 2 amide bonds. The van der Waals surface area contributed by atoms with Crippen LogP contribution < -0.4 is 5.32 Å². The Hall–Kier alpha value is -1.86. The molecule has 24 heavy (non-hydrogen) atoms. The van der Waals surface area contributed by atoms with E-state index in [-0.39, 0.29) is 12.1 Å². The summed E-state index contributed by atoms with van der Waals surface area (Å²) >= 11 is 1.62. The van der Waals surface area contributed by atoms with E-state index in [1.165, 1.54) is 0 Å². The molecule has 3 rings (SSSR count). The lowest BCUT2D eigenvalue weighted by Gasteiger charge is -2.26. The number of aliphatic hydroxyl groups is 1. The zero-order valence-electron chi connectivity index (χ0n) is 13.8. The Kier molecular flexibility index (Phi) is 5.52. The van der Waals surface area contributed by atoms with E-state index in [1.54, 1.807) is 29.7 Å². The first-order chi connectivity index (χ1) is 11.7. The molecule has 0 spiro atoms. The molecule has 0 aromatic carbocycles. The van der Waals surface area contributed by atoms with Gasteiger partial charge in [0.15, 0.2) is 0 Å². The fourth-order valence-electron chi connectivity index (χ4n) is 3.06. The topological polar surface area (TPSA) is 78.6 Å². The van der Waals surface area contributed by atoms with Crippen LogP contribution in [-0.2, 0) is 13.0 Å². The lowest BCUT2D eigenvalue weighted by atomic mass is 10.1. The molecule has 0 radical (unpaired) electrons. The first-order valence-corrected chi connectivity index (χ1v) is 9.24. The number of furan rings is 1. The maximum absolute atomic E-state index is 12.5. The van der Waals surface area contributed by atoms with Gasteiger partial charge in [-0.05, 0) is 31.4 Å². The van der Waals surface area contributed by atoms with Gasteiger partial charge in [-0.3, -0.25) is 0 Å². The van der Waals surface area contributed by atoms with Gasteiger partial charge in [-0.15, -0.1) is 11.3 Å². The summed E-state index contributed by atoms with van der Waals surface area (Å²) in [6.45, 7) is 3.23. The van der Waals surface area contributed by atoms with Crippen molar-refractivity contribution in [3.8, 4) is 0 Å². The quantitative estimate of drug-likeness (QED) is 0.840. The van der Waals surface area contributed by atoms with E-state index >= 15 is 0 Å². The molecule has 0 saturated carbocycles. The smallest absolute Gasteiger partial charge is 0.317 e. The number of aliphatic hydroxyl groups excluding tert-OH is 1. The molecule has 1 aliphatic heterocycles. The summed E-state index contributed by atoms with van der Waals surface area (Å²) in [6, 6.07) is 3.47. The minimum absolute atomic E-state index is 0.0340. The Morgan fingerprint density at radius 3 is 3.21 bits per heavy atom. The number of hydrogen-bond donors (Lipinski definition) is 2. The second-order valence-electron chi connectivity index (χ2n) is 6.00. The Morgan fingerprint density at radius 1 is 1.62 bits per heavy atom. The third-order valence-electron chi connectivity index (χ3n) is 4.33. The van der Waals surface area contributed by atoms with E-state index in [0.717, 1.165) is 36.5 Å². The van der Waals surface area contributed by atoms with Crippen molar-refractivity contribution in [3.05, 3.63) is 40.2 Å². The van der Waals surface area contributed by atoms with Crippen LogP contribution in [0.3, 0.4) is 0 Å². The number of urea groups is 1. The number of thiazole rings is 1. The fourth-order valence-corrected chi connectivity index (χ4v) is 3.81. The molecule has 2 aromatic heterocycles. The van der Waals surface area contributed by atoms with E-state index in [9.17, 15) is 9.90 Å². The minimum atomic E-state index is -0.677. The first-order valence-electron chi connectivity index (χ1n) is 8.36. The van der Waals surface area contributed by atoms with Crippen molar-refractivity contribution in [1.82, 2.24) is 15.2 Å². The highest BCUT2D eigenvalue weighted by molar-refractivity contribution is 7.09. The summed E-state index contributed by atoms with van der Waals surface area (Å²) in [6.07, 6.45) is 4.15. The van der Waals surface area contributed by atoms with Crippen molar-refractivity contribution in [2.75, 3.05) is 6.54 Å². The van der Waals surface area contributed by atoms with E-state index in [4.69, 9.17) is 4.42 Å². The summed E-state index contributed by atoms with van der Waals surface area (Å²) in [5, 5.41) is 16.3. The monoisotopic (exact) mass is 349 g/mol. The van der Waals surface area contributed by atoms with Crippen molar-refractivity contribution in [2.45, 2.75) is 51.3 Å². The van der Waals surface area contributed by atoms with Crippen molar-refractivity contribution in [3.63, 3.8) is 0 Å². The van der Waals surface area contributed by atoms with Crippen molar-refractivity contribution < 1.29 is 14.3 Å². The number of nitrogens with zero attached hydrogens (tertiary/aromatic N) is 2. The summed E-state index contributed by atoms with van der Waals surface area (Å²) in [5.41, 5.74) is 0.900. The van der Waals surface area contributed by atoms with Gasteiger partial charge in [-0.25, -0.2) is 9.78 Å². The highest BCUT2D eigenvalue weighted by Crippen LogP contribution is 2.27. The molecule has 1 aliphatic rings.